The first-order valence-corrected chi connectivity index (χ1v) is 15.4. The van der Waals surface area contributed by atoms with Gasteiger partial charge in [-0.05, 0) is 41.8 Å². The third-order valence-corrected chi connectivity index (χ3v) is 8.04. The summed E-state index contributed by atoms with van der Waals surface area (Å²) in [5, 5.41) is 25.6. The maximum Gasteiger partial charge on any atom is 0.305 e. The Kier molecular flexibility index (Phi) is 9.34. The largest absolute Gasteiger partial charge is 0.481 e. The number of thioether (sulfide) groups is 1. The van der Waals surface area contributed by atoms with E-state index in [0.717, 1.165) is 28.0 Å². The number of tetrazole rings is 1. The summed E-state index contributed by atoms with van der Waals surface area (Å²) in [7, 11) is -3.81. The summed E-state index contributed by atoms with van der Waals surface area (Å²) < 4.78 is 27.2. The summed E-state index contributed by atoms with van der Waals surface area (Å²) in [5.41, 5.74) is 0.644. The number of hydrazine groups is 1. The number of aliphatic carboxylic acids is 1. The van der Waals surface area contributed by atoms with E-state index < -0.39 is 64.0 Å². The van der Waals surface area contributed by atoms with Gasteiger partial charge >= 0.3 is 5.97 Å². The molecule has 220 valence electrons. The van der Waals surface area contributed by atoms with E-state index >= 15 is 0 Å². The highest BCUT2D eigenvalue weighted by molar-refractivity contribution is 7.99. The first-order chi connectivity index (χ1) is 19.4. The van der Waals surface area contributed by atoms with Crippen molar-refractivity contribution in [1.29, 1.82) is 0 Å². The summed E-state index contributed by atoms with van der Waals surface area (Å²) in [5.74, 6) is -4.33. The quantitative estimate of drug-likeness (QED) is 0.255. The van der Waals surface area contributed by atoms with Crippen LogP contribution in [-0.2, 0) is 34.0 Å². The van der Waals surface area contributed by atoms with Crippen LogP contribution in [0.3, 0.4) is 0 Å². The van der Waals surface area contributed by atoms with Gasteiger partial charge in [-0.1, -0.05) is 30.0 Å². The number of rotatable bonds is 11. The highest BCUT2D eigenvalue weighted by Crippen LogP contribution is 2.26. The lowest BCUT2D eigenvalue weighted by Crippen LogP contribution is -2.64. The van der Waals surface area contributed by atoms with Crippen molar-refractivity contribution in [3.8, 4) is 5.69 Å². The number of carbonyl (C=O) groups is 5. The van der Waals surface area contributed by atoms with Gasteiger partial charge in [0, 0.05) is 13.0 Å². The van der Waals surface area contributed by atoms with Gasteiger partial charge < -0.3 is 10.4 Å². The number of fused-ring (bicyclic) bond motifs is 1. The Morgan fingerprint density at radius 1 is 1.17 bits per heavy atom. The molecule has 0 saturated carbocycles. The monoisotopic (exact) mass is 608 g/mol. The second-order valence-electron chi connectivity index (χ2n) is 9.46. The fourth-order valence-corrected chi connectivity index (χ4v) is 6.13. The van der Waals surface area contributed by atoms with Gasteiger partial charge in [-0.2, -0.15) is 4.68 Å². The van der Waals surface area contributed by atoms with Crippen LogP contribution < -0.4 is 10.0 Å². The molecule has 2 saturated heterocycles. The lowest BCUT2D eigenvalue weighted by Gasteiger charge is -2.43. The van der Waals surface area contributed by atoms with Crippen LogP contribution in [0.5, 0.6) is 0 Å². The molecule has 3 amide bonds. The van der Waals surface area contributed by atoms with Crippen LogP contribution in [0.2, 0.25) is 0 Å². The van der Waals surface area contributed by atoms with Crippen LogP contribution in [-0.4, -0.2) is 110 Å². The fourth-order valence-electron chi connectivity index (χ4n) is 4.56. The van der Waals surface area contributed by atoms with Crippen LogP contribution in [0.15, 0.2) is 35.5 Å². The van der Waals surface area contributed by atoms with Gasteiger partial charge in [0.25, 0.3) is 5.91 Å². The third kappa shape index (κ3) is 7.44. The smallest absolute Gasteiger partial charge is 0.305 e. The van der Waals surface area contributed by atoms with Gasteiger partial charge in [-0.15, -0.1) is 5.10 Å². The van der Waals surface area contributed by atoms with Crippen LogP contribution in [0.25, 0.3) is 5.69 Å². The highest BCUT2D eigenvalue weighted by atomic mass is 32.2. The van der Waals surface area contributed by atoms with Gasteiger partial charge in [-0.3, -0.25) is 29.0 Å². The molecule has 0 aliphatic carbocycles. The third-order valence-electron chi connectivity index (χ3n) is 6.39. The average molecular weight is 609 g/mol. The Hall–Kier alpha value is -3.90. The zero-order valence-electron chi connectivity index (χ0n) is 21.9. The summed E-state index contributed by atoms with van der Waals surface area (Å²) >= 11 is 0.952. The molecule has 3 atom stereocenters. The molecule has 0 bridgehead atoms. The fraction of sp³-hybridized carbons (Fsp3) is 0.478. The van der Waals surface area contributed by atoms with Crippen LogP contribution in [0.4, 0.5) is 0 Å². The van der Waals surface area contributed by atoms with Crippen molar-refractivity contribution in [3.05, 3.63) is 30.3 Å². The Morgan fingerprint density at radius 3 is 2.59 bits per heavy atom. The van der Waals surface area contributed by atoms with Crippen molar-refractivity contribution >= 4 is 51.3 Å². The molecule has 3 heterocycles. The van der Waals surface area contributed by atoms with E-state index in [2.05, 4.69) is 25.6 Å². The minimum absolute atomic E-state index is 0.0914. The van der Waals surface area contributed by atoms with Crippen molar-refractivity contribution in [3.63, 3.8) is 0 Å². The van der Waals surface area contributed by atoms with Gasteiger partial charge in [0.15, 0.2) is 5.78 Å². The standard InChI is InChI=1S/C23H28N8O8S2/c1-41(38,39)26-15-9-10-19(33)29-11-5-8-17(31(29)22(15)37)21(36)24-16(12-20(34)35)18(32)13-40-23-25-27-28-30(23)14-6-3-2-4-7-14/h2-4,6-7,15-17,26H,5,8-13H2,1H3,(H,24,36)(H,34,35)/t15-,16-,17-/m0/s1. The van der Waals surface area contributed by atoms with E-state index in [0.29, 0.717) is 12.1 Å². The number of hydrogen-bond donors (Lipinski definition) is 3. The molecule has 41 heavy (non-hydrogen) atoms. The van der Waals surface area contributed by atoms with E-state index in [-0.39, 0.29) is 36.7 Å². The number of carbonyl (C=O) groups excluding carboxylic acids is 4. The van der Waals surface area contributed by atoms with E-state index in [1.165, 1.54) is 4.68 Å². The second-order valence-corrected chi connectivity index (χ2v) is 12.2. The van der Waals surface area contributed by atoms with Crippen LogP contribution in [0, 0.1) is 0 Å². The molecule has 4 rings (SSSR count). The number of carboxylic acids is 1. The zero-order chi connectivity index (χ0) is 29.7. The lowest BCUT2D eigenvalue weighted by molar-refractivity contribution is -0.176. The number of para-hydroxylation sites is 1. The van der Waals surface area contributed by atoms with E-state index in [4.69, 9.17) is 0 Å². The zero-order valence-corrected chi connectivity index (χ0v) is 23.5. The topological polar surface area (TPSA) is 214 Å². The van der Waals surface area contributed by atoms with E-state index in [1.807, 2.05) is 6.07 Å². The number of benzene rings is 1. The van der Waals surface area contributed by atoms with Crippen molar-refractivity contribution in [2.24, 2.45) is 0 Å². The minimum Gasteiger partial charge on any atom is -0.481 e. The van der Waals surface area contributed by atoms with E-state index in [1.54, 1.807) is 24.3 Å². The molecule has 0 unspecified atom stereocenters. The molecule has 2 aliphatic heterocycles. The molecule has 16 nitrogen and oxygen atoms in total. The molecule has 2 fully saturated rings. The first-order valence-electron chi connectivity index (χ1n) is 12.6. The van der Waals surface area contributed by atoms with E-state index in [9.17, 15) is 37.5 Å². The molecular weight excluding hydrogens is 580 g/mol. The maximum absolute atomic E-state index is 13.4. The number of aromatic nitrogens is 4. The Balaban J connectivity index is 1.49. The van der Waals surface area contributed by atoms with Gasteiger partial charge in [0.2, 0.25) is 27.0 Å². The number of sulfonamides is 1. The summed E-state index contributed by atoms with van der Waals surface area (Å²) in [4.78, 5) is 64.2. The number of nitrogens with zero attached hydrogens (tertiary/aromatic N) is 6. The molecule has 0 spiro atoms. The molecule has 2 aromatic rings. The van der Waals surface area contributed by atoms with Gasteiger partial charge in [0.1, 0.15) is 12.1 Å². The van der Waals surface area contributed by atoms with Crippen molar-refractivity contribution in [2.45, 2.75) is 55.4 Å². The average Bonchev–Trinajstić information content (AvgIpc) is 3.36. The Labute approximate surface area is 238 Å². The Morgan fingerprint density at radius 2 is 1.90 bits per heavy atom. The number of carboxylic acid groups (broad SMARTS) is 1. The normalized spacial score (nSPS) is 20.2. The molecule has 2 aliphatic rings. The number of hydrogen-bond acceptors (Lipinski definition) is 11. The van der Waals surface area contributed by atoms with Gasteiger partial charge in [0.05, 0.1) is 30.2 Å². The molecule has 1 aromatic heterocycles. The minimum atomic E-state index is -3.81. The van der Waals surface area contributed by atoms with Crippen LogP contribution in [0.1, 0.15) is 32.1 Å². The summed E-state index contributed by atoms with van der Waals surface area (Å²) in [6.45, 7) is 0.143. The number of amides is 3. The van der Waals surface area contributed by atoms with Crippen LogP contribution >= 0.6 is 11.8 Å². The molecule has 1 aromatic carbocycles. The molecular formula is C23H28N8O8S2. The maximum atomic E-state index is 13.4. The SMILES string of the molecule is CS(=O)(=O)N[C@H]1CCC(=O)N2CCC[C@@H](C(=O)N[C@@H](CC(=O)O)C(=O)CSc3nnnn3-c3ccccc3)N2C1=O. The van der Waals surface area contributed by atoms with Gasteiger partial charge in [-0.25, -0.2) is 18.1 Å². The van der Waals surface area contributed by atoms with Crippen molar-refractivity contribution in [1.82, 2.24) is 40.3 Å². The first kappa shape index (κ1) is 30.1. The lowest BCUT2D eigenvalue weighted by atomic mass is 10.0. The predicted octanol–water partition coefficient (Wildman–Crippen LogP) is -1.27. The summed E-state index contributed by atoms with van der Waals surface area (Å²) in [6, 6.07) is 4.91. The number of nitrogens with one attached hydrogen (secondary N) is 2. The number of Topliss-reactive ketones (excluding diaryl/α,β-unsaturated/α-hetero) is 1. The highest BCUT2D eigenvalue weighted by Gasteiger charge is 2.45. The number of ketones is 1. The van der Waals surface area contributed by atoms with Crippen molar-refractivity contribution in [2.75, 3.05) is 18.6 Å². The second kappa shape index (κ2) is 12.7. The predicted molar refractivity (Wildman–Crippen MR) is 142 cm³/mol. The molecule has 0 radical (unpaired) electrons. The summed E-state index contributed by atoms with van der Waals surface area (Å²) in [6.07, 6.45) is 0.407. The Bertz CT molecular complexity index is 1430. The molecule has 3 N–H and O–H groups in total. The van der Waals surface area contributed by atoms with Crippen molar-refractivity contribution < 1.29 is 37.5 Å². The molecule has 18 heteroatoms.